The third-order valence-electron chi connectivity index (χ3n) is 4.88. The second-order valence-corrected chi connectivity index (χ2v) is 11.6. The minimum atomic E-state index is -0.514. The molecule has 2 aliphatic carbocycles. The Balaban J connectivity index is 0.000000485. The van der Waals surface area contributed by atoms with Crippen LogP contribution in [0, 0.1) is 62.9 Å². The molecule has 0 aromatic heterocycles. The molecule has 1 nitrogen and oxygen atoms in total. The molecule has 1 atom stereocenters. The largest absolute Gasteiger partial charge is 2.00 e. The summed E-state index contributed by atoms with van der Waals surface area (Å²) >= 11 is -0.106. The number of hydrogen-bond acceptors (Lipinski definition) is 1. The maximum atomic E-state index is 4.81. The minimum absolute atomic E-state index is 0. The zero-order chi connectivity index (χ0) is 22.5. The monoisotopic (exact) mass is 617 g/mol. The average molecular weight is 619 g/mol. The van der Waals surface area contributed by atoms with Gasteiger partial charge in [0.05, 0.1) is 0 Å². The molecule has 0 bridgehead atoms. The van der Waals surface area contributed by atoms with Gasteiger partial charge in [-0.15, -0.1) is 0 Å². The van der Waals surface area contributed by atoms with Crippen molar-refractivity contribution in [3.05, 3.63) is 124 Å². The summed E-state index contributed by atoms with van der Waals surface area (Å²) in [7, 11) is 13.4. The standard InChI is InChI=1S/C21H23NP.C5H5.2ClH.Fe.Pd/c1-17(22(2)3)20-15-10-16-21(20)23(18-11-6-4-7-12-18)19-13-8-5-9-14-19;1-2-4-5-3-1;;;;/h4-17H,1-3H3;1-5H;2*1H;;/q;;;;2*+2/p-2/t17-;;;;;/m1...../s1. The average Bonchev–Trinajstić information content (AvgIpc) is 3.51. The van der Waals surface area contributed by atoms with Crippen LogP contribution in [0.4, 0.5) is 0 Å². The molecule has 0 aliphatic heterocycles. The van der Waals surface area contributed by atoms with Crippen molar-refractivity contribution in [1.29, 1.82) is 0 Å². The summed E-state index contributed by atoms with van der Waals surface area (Å²) < 4.78 is 0. The van der Waals surface area contributed by atoms with Crippen LogP contribution in [0.2, 0.25) is 0 Å². The molecule has 4 rings (SSSR count). The SMILES string of the molecule is C[C@H]([C]1[CH][CH][CH][C]1P(c1ccccc1)c1ccccc1)N(C)C.[CH]1[CH][CH][CH][CH]1.[Cl][Pd][Cl].[Fe+2]. The molecule has 2 aromatic carbocycles. The smallest absolute Gasteiger partial charge is 2.00 e. The normalized spacial score (nSPS) is 17.3. The summed E-state index contributed by atoms with van der Waals surface area (Å²) in [5.74, 6) is 1.44. The first-order valence-electron chi connectivity index (χ1n) is 9.91. The predicted octanol–water partition coefficient (Wildman–Crippen LogP) is 6.20. The van der Waals surface area contributed by atoms with E-state index in [0.29, 0.717) is 6.04 Å². The first-order chi connectivity index (χ1) is 15.1. The fourth-order valence-electron chi connectivity index (χ4n) is 3.16. The van der Waals surface area contributed by atoms with Crippen molar-refractivity contribution in [2.75, 3.05) is 14.1 Å². The van der Waals surface area contributed by atoms with E-state index >= 15 is 0 Å². The predicted molar refractivity (Wildman–Crippen MR) is 135 cm³/mol. The molecular weight excluding hydrogens is 590 g/mol. The van der Waals surface area contributed by atoms with Gasteiger partial charge in [0.2, 0.25) is 0 Å². The van der Waals surface area contributed by atoms with Gasteiger partial charge in [-0.25, -0.2) is 0 Å². The topological polar surface area (TPSA) is 3.24 Å². The molecule has 6 heteroatoms. The summed E-state index contributed by atoms with van der Waals surface area (Å²) in [6.07, 6.45) is 16.8. The Morgan fingerprint density at radius 2 is 1.12 bits per heavy atom. The van der Waals surface area contributed by atoms with Crippen LogP contribution in [0.15, 0.2) is 60.7 Å². The molecule has 2 fully saturated rings. The van der Waals surface area contributed by atoms with E-state index < -0.39 is 7.92 Å². The fraction of sp³-hybridized carbons (Fsp3) is 0.154. The summed E-state index contributed by atoms with van der Waals surface area (Å²) in [5.41, 5.74) is 1.47. The molecule has 2 saturated carbocycles. The Labute approximate surface area is 224 Å². The fourth-order valence-corrected chi connectivity index (χ4v) is 5.71. The minimum Gasteiger partial charge on any atom is 2.00 e. The van der Waals surface area contributed by atoms with Crippen LogP contribution in [0.25, 0.3) is 0 Å². The van der Waals surface area contributed by atoms with Gasteiger partial charge in [-0.2, -0.15) is 0 Å². The third kappa shape index (κ3) is 10.1. The molecule has 0 heterocycles. The van der Waals surface area contributed by atoms with E-state index in [1.165, 1.54) is 22.2 Å². The van der Waals surface area contributed by atoms with Crippen LogP contribution in [-0.2, 0) is 33.0 Å². The molecule has 0 N–H and O–H groups in total. The van der Waals surface area contributed by atoms with Gasteiger partial charge in [0, 0.05) is 17.6 Å². The van der Waals surface area contributed by atoms with Crippen LogP contribution in [-0.4, -0.2) is 25.0 Å². The molecule has 0 amide bonds. The zero-order valence-electron chi connectivity index (χ0n) is 18.3. The maximum Gasteiger partial charge on any atom is 2.00 e. The maximum absolute atomic E-state index is 4.81. The van der Waals surface area contributed by atoms with Crippen molar-refractivity contribution in [2.45, 2.75) is 13.0 Å². The Morgan fingerprint density at radius 3 is 1.50 bits per heavy atom. The Bertz CT molecular complexity index is 656. The summed E-state index contributed by atoms with van der Waals surface area (Å²) in [6, 6.07) is 22.2. The summed E-state index contributed by atoms with van der Waals surface area (Å²) in [5, 5.41) is 2.82. The van der Waals surface area contributed by atoms with Gasteiger partial charge in [0.15, 0.2) is 0 Å². The number of nitrogens with zero attached hydrogens (tertiary/aromatic N) is 1. The van der Waals surface area contributed by atoms with Gasteiger partial charge in [-0.3, -0.25) is 0 Å². The van der Waals surface area contributed by atoms with Gasteiger partial charge < -0.3 is 4.90 Å². The van der Waals surface area contributed by atoms with Gasteiger partial charge >= 0.3 is 52.1 Å². The Kier molecular flexibility index (Phi) is 17.2. The molecule has 172 valence electrons. The third-order valence-corrected chi connectivity index (χ3v) is 7.39. The van der Waals surface area contributed by atoms with E-state index in [0.717, 1.165) is 0 Å². The van der Waals surface area contributed by atoms with Crippen LogP contribution in [0.3, 0.4) is 0 Å². The van der Waals surface area contributed by atoms with Crippen molar-refractivity contribution in [3.63, 3.8) is 0 Å². The van der Waals surface area contributed by atoms with E-state index in [9.17, 15) is 0 Å². The van der Waals surface area contributed by atoms with Crippen molar-refractivity contribution < 1.29 is 33.0 Å². The summed E-state index contributed by atoms with van der Waals surface area (Å²) in [6.45, 7) is 2.28. The van der Waals surface area contributed by atoms with Crippen molar-refractivity contribution in [2.24, 2.45) is 0 Å². The van der Waals surface area contributed by atoms with E-state index in [4.69, 9.17) is 19.1 Å². The Hall–Kier alpha value is 0.592. The number of benzene rings is 2. The molecule has 0 spiro atoms. The van der Waals surface area contributed by atoms with Gasteiger partial charge in [-0.1, -0.05) is 60.7 Å². The van der Waals surface area contributed by atoms with Crippen LogP contribution >= 0.6 is 27.0 Å². The second kappa shape index (κ2) is 17.9. The molecule has 0 unspecified atom stereocenters. The second-order valence-electron chi connectivity index (χ2n) is 7.02. The van der Waals surface area contributed by atoms with E-state index in [1.54, 1.807) is 0 Å². The van der Waals surface area contributed by atoms with Crippen LogP contribution in [0.1, 0.15) is 6.92 Å². The molecule has 2 aliphatic rings. The van der Waals surface area contributed by atoms with Crippen molar-refractivity contribution >= 4 is 37.6 Å². The number of hydrogen-bond donors (Lipinski definition) is 0. The first kappa shape index (κ1) is 30.6. The van der Waals surface area contributed by atoms with Crippen LogP contribution < -0.4 is 10.6 Å². The van der Waals surface area contributed by atoms with E-state index in [-0.39, 0.29) is 33.0 Å². The molecule has 32 heavy (non-hydrogen) atoms. The van der Waals surface area contributed by atoms with Crippen LogP contribution in [0.5, 0.6) is 0 Å². The van der Waals surface area contributed by atoms with E-state index in [1.807, 2.05) is 32.1 Å². The molecule has 0 saturated heterocycles. The van der Waals surface area contributed by atoms with E-state index in [2.05, 4.69) is 106 Å². The zero-order valence-corrected chi connectivity index (χ0v) is 23.4. The van der Waals surface area contributed by atoms with Gasteiger partial charge in [0.25, 0.3) is 0 Å². The van der Waals surface area contributed by atoms with Crippen molar-refractivity contribution in [1.82, 2.24) is 4.90 Å². The molecular formula is C26H28Cl2FeNPPd+2. The quantitative estimate of drug-likeness (QED) is 0.285. The van der Waals surface area contributed by atoms with Gasteiger partial charge in [-0.05, 0) is 90.9 Å². The first-order valence-corrected chi connectivity index (χ1v) is 15.3. The number of halogens is 2. The Morgan fingerprint density at radius 1 is 0.719 bits per heavy atom. The van der Waals surface area contributed by atoms with Gasteiger partial charge in [0.1, 0.15) is 0 Å². The molecule has 2 aromatic rings. The summed E-state index contributed by atoms with van der Waals surface area (Å²) in [4.78, 5) is 2.28. The number of rotatable bonds is 5. The van der Waals surface area contributed by atoms with Crippen molar-refractivity contribution in [3.8, 4) is 0 Å². The molecule has 10 radical (unpaired) electrons.